The number of alkyl halides is 3. The zero-order chi connectivity index (χ0) is 15.5. The van der Waals surface area contributed by atoms with Crippen molar-refractivity contribution in [3.05, 3.63) is 29.8 Å². The van der Waals surface area contributed by atoms with Crippen LogP contribution in [0.1, 0.15) is 24.8 Å². The molecule has 0 amide bonds. The van der Waals surface area contributed by atoms with Crippen molar-refractivity contribution in [2.75, 3.05) is 13.1 Å². The lowest BCUT2D eigenvalue weighted by atomic mass is 10.2. The van der Waals surface area contributed by atoms with Gasteiger partial charge in [0, 0.05) is 12.6 Å². The molecule has 1 aromatic carbocycles. The van der Waals surface area contributed by atoms with Crippen molar-refractivity contribution in [2.24, 2.45) is 0 Å². The molecule has 4 nitrogen and oxygen atoms in total. The maximum absolute atomic E-state index is 12.4. The van der Waals surface area contributed by atoms with E-state index >= 15 is 0 Å². The molecule has 1 aromatic rings. The summed E-state index contributed by atoms with van der Waals surface area (Å²) < 4.78 is 63.6. The van der Waals surface area contributed by atoms with Crippen LogP contribution in [0.15, 0.2) is 29.2 Å². The molecule has 0 radical (unpaired) electrons. The largest absolute Gasteiger partial charge is 0.416 e. The Labute approximate surface area is 121 Å². The van der Waals surface area contributed by atoms with Gasteiger partial charge < -0.3 is 5.32 Å². The van der Waals surface area contributed by atoms with Crippen molar-refractivity contribution in [3.63, 3.8) is 0 Å². The van der Waals surface area contributed by atoms with E-state index in [-0.39, 0.29) is 11.4 Å². The highest BCUT2D eigenvalue weighted by Gasteiger charge is 2.30. The number of sulfonamides is 1. The van der Waals surface area contributed by atoms with Crippen LogP contribution in [0.2, 0.25) is 0 Å². The molecule has 21 heavy (non-hydrogen) atoms. The maximum atomic E-state index is 12.4. The van der Waals surface area contributed by atoms with E-state index in [1.807, 2.05) is 0 Å². The molecule has 0 saturated carbocycles. The SMILES string of the molecule is O=S(=O)(NCC[C@H]1CCCN1)c1ccc(C(F)(F)F)cc1. The smallest absolute Gasteiger partial charge is 0.314 e. The molecule has 0 unspecified atom stereocenters. The van der Waals surface area contributed by atoms with Gasteiger partial charge in [-0.1, -0.05) is 0 Å². The normalized spacial score (nSPS) is 19.9. The third-order valence-electron chi connectivity index (χ3n) is 3.44. The Morgan fingerprint density at radius 1 is 1.24 bits per heavy atom. The van der Waals surface area contributed by atoms with Crippen LogP contribution >= 0.6 is 0 Å². The molecule has 1 aliphatic rings. The predicted molar refractivity (Wildman–Crippen MR) is 72.3 cm³/mol. The summed E-state index contributed by atoms with van der Waals surface area (Å²) in [4.78, 5) is -0.158. The van der Waals surface area contributed by atoms with Crippen molar-refractivity contribution in [1.29, 1.82) is 0 Å². The van der Waals surface area contributed by atoms with E-state index in [1.165, 1.54) is 0 Å². The summed E-state index contributed by atoms with van der Waals surface area (Å²) in [6.07, 6.45) is -1.71. The molecule has 118 valence electrons. The van der Waals surface area contributed by atoms with E-state index in [4.69, 9.17) is 0 Å². The molecular formula is C13H17F3N2O2S. The number of halogens is 3. The Kier molecular flexibility index (Phi) is 4.90. The van der Waals surface area contributed by atoms with Gasteiger partial charge in [0.05, 0.1) is 10.5 Å². The standard InChI is InChI=1S/C13H17F3N2O2S/c14-13(15,16)10-3-5-12(6-4-10)21(19,20)18-9-7-11-2-1-8-17-11/h3-6,11,17-18H,1-2,7-9H2/t11-/m1/s1. The van der Waals surface area contributed by atoms with Gasteiger partial charge in [-0.2, -0.15) is 13.2 Å². The van der Waals surface area contributed by atoms with Crippen LogP contribution in [-0.4, -0.2) is 27.5 Å². The summed E-state index contributed by atoms with van der Waals surface area (Å²) in [5.74, 6) is 0. The minimum absolute atomic E-state index is 0.158. The molecule has 1 heterocycles. The number of nitrogens with one attached hydrogen (secondary N) is 2. The Morgan fingerprint density at radius 2 is 1.90 bits per heavy atom. The fourth-order valence-corrected chi connectivity index (χ4v) is 3.32. The van der Waals surface area contributed by atoms with Gasteiger partial charge >= 0.3 is 6.18 Å². The van der Waals surface area contributed by atoms with E-state index < -0.39 is 21.8 Å². The van der Waals surface area contributed by atoms with Crippen LogP contribution in [0.25, 0.3) is 0 Å². The third-order valence-corrected chi connectivity index (χ3v) is 4.92. The molecule has 1 atom stereocenters. The Hall–Kier alpha value is -1.12. The lowest BCUT2D eigenvalue weighted by Crippen LogP contribution is -2.30. The molecule has 0 aromatic heterocycles. The van der Waals surface area contributed by atoms with Crippen molar-refractivity contribution in [2.45, 2.75) is 36.4 Å². The molecule has 1 aliphatic heterocycles. The van der Waals surface area contributed by atoms with Gasteiger partial charge in [-0.25, -0.2) is 13.1 Å². The molecule has 1 fully saturated rings. The second-order valence-corrected chi connectivity index (χ2v) is 6.77. The fraction of sp³-hybridized carbons (Fsp3) is 0.538. The molecule has 8 heteroatoms. The van der Waals surface area contributed by atoms with E-state index in [2.05, 4.69) is 10.0 Å². The second kappa shape index (κ2) is 6.33. The average Bonchev–Trinajstić information content (AvgIpc) is 2.91. The third kappa shape index (κ3) is 4.42. The van der Waals surface area contributed by atoms with Gasteiger partial charge in [0.1, 0.15) is 0 Å². The Balaban J connectivity index is 1.95. The number of hydrogen-bond acceptors (Lipinski definition) is 3. The number of rotatable bonds is 5. The highest BCUT2D eigenvalue weighted by molar-refractivity contribution is 7.89. The van der Waals surface area contributed by atoms with E-state index in [1.54, 1.807) is 0 Å². The Bertz CT molecular complexity index is 564. The van der Waals surface area contributed by atoms with E-state index in [0.717, 1.165) is 43.7 Å². The monoisotopic (exact) mass is 322 g/mol. The zero-order valence-corrected chi connectivity index (χ0v) is 12.1. The lowest BCUT2D eigenvalue weighted by Gasteiger charge is -2.12. The molecule has 0 aliphatic carbocycles. The highest BCUT2D eigenvalue weighted by atomic mass is 32.2. The summed E-state index contributed by atoms with van der Waals surface area (Å²) in [5, 5.41) is 3.25. The molecule has 0 spiro atoms. The van der Waals surface area contributed by atoms with Crippen LogP contribution < -0.4 is 10.0 Å². The van der Waals surface area contributed by atoms with Crippen molar-refractivity contribution < 1.29 is 21.6 Å². The van der Waals surface area contributed by atoms with E-state index in [0.29, 0.717) is 12.5 Å². The van der Waals surface area contributed by atoms with Crippen molar-refractivity contribution in [1.82, 2.24) is 10.0 Å². The summed E-state index contributed by atoms with van der Waals surface area (Å²) in [6.45, 7) is 1.21. The van der Waals surface area contributed by atoms with Crippen LogP contribution in [0.4, 0.5) is 13.2 Å². The number of benzene rings is 1. The predicted octanol–water partition coefficient (Wildman–Crippen LogP) is 2.13. The first-order chi connectivity index (χ1) is 9.79. The second-order valence-electron chi connectivity index (χ2n) is 5.00. The van der Waals surface area contributed by atoms with Gasteiger partial charge in [0.25, 0.3) is 0 Å². The molecule has 1 saturated heterocycles. The van der Waals surface area contributed by atoms with Crippen LogP contribution in [-0.2, 0) is 16.2 Å². The van der Waals surface area contributed by atoms with E-state index in [9.17, 15) is 21.6 Å². The summed E-state index contributed by atoms with van der Waals surface area (Å²) in [5.41, 5.74) is -0.864. The zero-order valence-electron chi connectivity index (χ0n) is 11.3. The van der Waals surface area contributed by atoms with Gasteiger partial charge in [0.15, 0.2) is 0 Å². The van der Waals surface area contributed by atoms with Gasteiger partial charge in [-0.05, 0) is 50.1 Å². The van der Waals surface area contributed by atoms with Crippen molar-refractivity contribution in [3.8, 4) is 0 Å². The van der Waals surface area contributed by atoms with Crippen LogP contribution in [0.5, 0.6) is 0 Å². The average molecular weight is 322 g/mol. The Morgan fingerprint density at radius 3 is 2.43 bits per heavy atom. The van der Waals surface area contributed by atoms with Crippen LogP contribution in [0.3, 0.4) is 0 Å². The minimum atomic E-state index is -4.47. The molecule has 2 rings (SSSR count). The summed E-state index contributed by atoms with van der Waals surface area (Å²) in [6, 6.07) is 3.79. The highest BCUT2D eigenvalue weighted by Crippen LogP contribution is 2.29. The van der Waals surface area contributed by atoms with Gasteiger partial charge in [-0.3, -0.25) is 0 Å². The minimum Gasteiger partial charge on any atom is -0.314 e. The quantitative estimate of drug-likeness (QED) is 0.873. The molecule has 2 N–H and O–H groups in total. The van der Waals surface area contributed by atoms with Crippen molar-refractivity contribution >= 4 is 10.0 Å². The molecular weight excluding hydrogens is 305 g/mol. The first-order valence-electron chi connectivity index (χ1n) is 6.69. The first kappa shape index (κ1) is 16.3. The molecule has 0 bridgehead atoms. The maximum Gasteiger partial charge on any atom is 0.416 e. The van der Waals surface area contributed by atoms with Crippen LogP contribution in [0, 0.1) is 0 Å². The number of hydrogen-bond donors (Lipinski definition) is 2. The first-order valence-corrected chi connectivity index (χ1v) is 8.18. The fourth-order valence-electron chi connectivity index (χ4n) is 2.28. The summed E-state index contributed by atoms with van der Waals surface area (Å²) >= 11 is 0. The van der Waals surface area contributed by atoms with Gasteiger partial charge in [0.2, 0.25) is 10.0 Å². The summed E-state index contributed by atoms with van der Waals surface area (Å²) in [7, 11) is -3.76. The van der Waals surface area contributed by atoms with Gasteiger partial charge in [-0.15, -0.1) is 0 Å². The topological polar surface area (TPSA) is 58.2 Å². The lowest BCUT2D eigenvalue weighted by molar-refractivity contribution is -0.137.